The van der Waals surface area contributed by atoms with Crippen LogP contribution in [-0.2, 0) is 20.9 Å². The number of nitrogens with two attached hydrogens (primary N) is 1. The zero-order valence-corrected chi connectivity index (χ0v) is 14.6. The van der Waals surface area contributed by atoms with Gasteiger partial charge in [0.2, 0.25) is 11.8 Å². The van der Waals surface area contributed by atoms with Gasteiger partial charge in [-0.25, -0.2) is 0 Å². The molecule has 0 aliphatic carbocycles. The minimum atomic E-state index is -0.213. The zero-order valence-electron chi connectivity index (χ0n) is 14.6. The van der Waals surface area contributed by atoms with E-state index in [0.29, 0.717) is 19.5 Å². The first-order valence-electron chi connectivity index (χ1n) is 9.13. The van der Waals surface area contributed by atoms with Crippen molar-refractivity contribution in [1.82, 2.24) is 5.32 Å². The standard InChI is InChI=1S/C19H27N3O3/c20-19(24)15-3-1-9-22(13-15)16-7-5-14(6-8-16)12-21-18(23)11-17-4-2-10-25-17/h5-8,15,17H,1-4,9-13H2,(H2,20,24)(H,21,23)/t15-,17-/m0/s1. The van der Waals surface area contributed by atoms with Crippen molar-refractivity contribution in [2.24, 2.45) is 11.7 Å². The van der Waals surface area contributed by atoms with E-state index in [1.165, 1.54) is 0 Å². The number of primary amides is 1. The first kappa shape index (κ1) is 17.7. The molecule has 2 fully saturated rings. The van der Waals surface area contributed by atoms with Gasteiger partial charge in [-0.2, -0.15) is 0 Å². The Kier molecular flexibility index (Phi) is 5.91. The molecule has 2 atom stereocenters. The molecular weight excluding hydrogens is 318 g/mol. The second kappa shape index (κ2) is 8.34. The van der Waals surface area contributed by atoms with E-state index in [-0.39, 0.29) is 23.8 Å². The Morgan fingerprint density at radius 2 is 2.00 bits per heavy atom. The summed E-state index contributed by atoms with van der Waals surface area (Å²) in [4.78, 5) is 25.6. The summed E-state index contributed by atoms with van der Waals surface area (Å²) in [7, 11) is 0. The molecule has 2 aliphatic rings. The number of hydrogen-bond acceptors (Lipinski definition) is 4. The van der Waals surface area contributed by atoms with Crippen LogP contribution in [0.1, 0.15) is 37.7 Å². The number of carbonyl (C=O) groups is 2. The van der Waals surface area contributed by atoms with Crippen LogP contribution in [0.25, 0.3) is 0 Å². The van der Waals surface area contributed by atoms with E-state index >= 15 is 0 Å². The van der Waals surface area contributed by atoms with Crippen LogP contribution >= 0.6 is 0 Å². The topological polar surface area (TPSA) is 84.7 Å². The van der Waals surface area contributed by atoms with Crippen LogP contribution in [0.5, 0.6) is 0 Å². The average Bonchev–Trinajstić information content (AvgIpc) is 3.13. The maximum Gasteiger partial charge on any atom is 0.222 e. The van der Waals surface area contributed by atoms with Gasteiger partial charge in [0.25, 0.3) is 0 Å². The molecule has 2 aliphatic heterocycles. The smallest absolute Gasteiger partial charge is 0.222 e. The lowest BCUT2D eigenvalue weighted by molar-refractivity contribution is -0.123. The predicted molar refractivity (Wildman–Crippen MR) is 96.0 cm³/mol. The predicted octanol–water partition coefficient (Wildman–Crippen LogP) is 1.57. The van der Waals surface area contributed by atoms with Crippen molar-refractivity contribution in [3.63, 3.8) is 0 Å². The van der Waals surface area contributed by atoms with Crippen LogP contribution in [-0.4, -0.2) is 37.6 Å². The Hall–Kier alpha value is -2.08. The van der Waals surface area contributed by atoms with E-state index in [1.807, 2.05) is 24.3 Å². The minimum absolute atomic E-state index is 0.0382. The van der Waals surface area contributed by atoms with Gasteiger partial charge in [0.05, 0.1) is 18.4 Å². The Balaban J connectivity index is 1.48. The van der Waals surface area contributed by atoms with Crippen molar-refractivity contribution in [1.29, 1.82) is 0 Å². The average molecular weight is 345 g/mol. The van der Waals surface area contributed by atoms with Gasteiger partial charge in [-0.15, -0.1) is 0 Å². The number of hydrogen-bond donors (Lipinski definition) is 2. The Labute approximate surface area is 148 Å². The lowest BCUT2D eigenvalue weighted by atomic mass is 9.97. The fourth-order valence-electron chi connectivity index (χ4n) is 3.55. The molecule has 2 amide bonds. The van der Waals surface area contributed by atoms with Crippen LogP contribution in [0, 0.1) is 5.92 Å². The number of rotatable bonds is 6. The molecule has 0 radical (unpaired) electrons. The van der Waals surface area contributed by atoms with E-state index in [2.05, 4.69) is 10.2 Å². The molecular formula is C19H27N3O3. The maximum absolute atomic E-state index is 11.9. The van der Waals surface area contributed by atoms with Crippen molar-refractivity contribution >= 4 is 17.5 Å². The van der Waals surface area contributed by atoms with Crippen LogP contribution in [0.4, 0.5) is 5.69 Å². The van der Waals surface area contributed by atoms with E-state index in [9.17, 15) is 9.59 Å². The largest absolute Gasteiger partial charge is 0.378 e. The first-order chi connectivity index (χ1) is 12.1. The molecule has 6 nitrogen and oxygen atoms in total. The molecule has 25 heavy (non-hydrogen) atoms. The lowest BCUT2D eigenvalue weighted by Gasteiger charge is -2.33. The normalized spacial score (nSPS) is 23.4. The molecule has 0 saturated carbocycles. The Bertz CT molecular complexity index is 596. The van der Waals surface area contributed by atoms with Gasteiger partial charge in [-0.05, 0) is 43.4 Å². The second-order valence-corrected chi connectivity index (χ2v) is 6.97. The van der Waals surface area contributed by atoms with Gasteiger partial charge < -0.3 is 20.7 Å². The number of nitrogens with zero attached hydrogens (tertiary/aromatic N) is 1. The van der Waals surface area contributed by atoms with Gasteiger partial charge in [0.15, 0.2) is 0 Å². The highest BCUT2D eigenvalue weighted by Gasteiger charge is 2.24. The SMILES string of the molecule is NC(=O)[C@H]1CCCN(c2ccc(CNC(=O)C[C@@H]3CCCO3)cc2)C1. The molecule has 2 heterocycles. The number of amides is 2. The zero-order chi connectivity index (χ0) is 17.6. The van der Waals surface area contributed by atoms with Crippen molar-refractivity contribution in [2.75, 3.05) is 24.6 Å². The number of piperidine rings is 1. The summed E-state index contributed by atoms with van der Waals surface area (Å²) in [6, 6.07) is 8.14. The number of ether oxygens (including phenoxy) is 1. The fourth-order valence-corrected chi connectivity index (χ4v) is 3.55. The molecule has 0 unspecified atom stereocenters. The Morgan fingerprint density at radius 3 is 2.68 bits per heavy atom. The van der Waals surface area contributed by atoms with Gasteiger partial charge in [-0.1, -0.05) is 12.1 Å². The number of nitrogens with one attached hydrogen (secondary N) is 1. The Morgan fingerprint density at radius 1 is 1.20 bits per heavy atom. The summed E-state index contributed by atoms with van der Waals surface area (Å²) in [5.41, 5.74) is 7.60. The third-order valence-corrected chi connectivity index (χ3v) is 5.05. The highest BCUT2D eigenvalue weighted by atomic mass is 16.5. The van der Waals surface area contributed by atoms with Crippen molar-refractivity contribution < 1.29 is 14.3 Å². The van der Waals surface area contributed by atoms with Gasteiger partial charge in [0.1, 0.15) is 0 Å². The third kappa shape index (κ3) is 4.95. The summed E-state index contributed by atoms with van der Waals surface area (Å²) < 4.78 is 5.48. The minimum Gasteiger partial charge on any atom is -0.378 e. The van der Waals surface area contributed by atoms with Crippen molar-refractivity contribution in [3.05, 3.63) is 29.8 Å². The summed E-state index contributed by atoms with van der Waals surface area (Å²) >= 11 is 0. The molecule has 0 aromatic heterocycles. The van der Waals surface area contributed by atoms with Crippen LogP contribution in [0.15, 0.2) is 24.3 Å². The fraction of sp³-hybridized carbons (Fsp3) is 0.579. The van der Waals surface area contributed by atoms with Crippen LogP contribution in [0.3, 0.4) is 0 Å². The van der Waals surface area contributed by atoms with E-state index in [4.69, 9.17) is 10.5 Å². The highest BCUT2D eigenvalue weighted by molar-refractivity contribution is 5.77. The number of anilines is 1. The quantitative estimate of drug-likeness (QED) is 0.820. The molecule has 2 saturated heterocycles. The van der Waals surface area contributed by atoms with Crippen LogP contribution in [0.2, 0.25) is 0 Å². The molecule has 0 bridgehead atoms. The molecule has 136 valence electrons. The second-order valence-electron chi connectivity index (χ2n) is 6.97. The molecule has 1 aromatic rings. The maximum atomic E-state index is 11.9. The van der Waals surface area contributed by atoms with E-state index < -0.39 is 0 Å². The monoisotopic (exact) mass is 345 g/mol. The van der Waals surface area contributed by atoms with Crippen LogP contribution < -0.4 is 16.0 Å². The molecule has 3 N–H and O–H groups in total. The summed E-state index contributed by atoms with van der Waals surface area (Å²) in [5, 5.41) is 2.95. The molecule has 3 rings (SSSR count). The summed E-state index contributed by atoms with van der Waals surface area (Å²) in [6.07, 6.45) is 4.41. The summed E-state index contributed by atoms with van der Waals surface area (Å²) in [5.74, 6) is -0.239. The van der Waals surface area contributed by atoms with Gasteiger partial charge in [0, 0.05) is 31.9 Å². The lowest BCUT2D eigenvalue weighted by Crippen LogP contribution is -2.41. The van der Waals surface area contributed by atoms with Gasteiger partial charge >= 0.3 is 0 Å². The number of benzene rings is 1. The summed E-state index contributed by atoms with van der Waals surface area (Å²) in [6.45, 7) is 2.93. The highest BCUT2D eigenvalue weighted by Crippen LogP contribution is 2.23. The molecule has 0 spiro atoms. The molecule has 6 heteroatoms. The van der Waals surface area contributed by atoms with Gasteiger partial charge in [-0.3, -0.25) is 9.59 Å². The van der Waals surface area contributed by atoms with E-state index in [0.717, 1.165) is 50.1 Å². The first-order valence-corrected chi connectivity index (χ1v) is 9.13. The van der Waals surface area contributed by atoms with Crippen molar-refractivity contribution in [2.45, 2.75) is 44.8 Å². The number of carbonyl (C=O) groups excluding carboxylic acids is 2. The molecule has 1 aromatic carbocycles. The van der Waals surface area contributed by atoms with E-state index in [1.54, 1.807) is 0 Å². The van der Waals surface area contributed by atoms with Crippen molar-refractivity contribution in [3.8, 4) is 0 Å². The third-order valence-electron chi connectivity index (χ3n) is 5.05.